The maximum absolute atomic E-state index is 12.3. The molecule has 4 rings (SSSR count). The van der Waals surface area contributed by atoms with E-state index in [4.69, 9.17) is 4.42 Å². The first-order chi connectivity index (χ1) is 11.8. The Hall–Kier alpha value is -3.41. The van der Waals surface area contributed by atoms with Gasteiger partial charge in [0.05, 0.1) is 12.6 Å². The summed E-state index contributed by atoms with van der Waals surface area (Å²) in [4.78, 5) is 28.8. The lowest BCUT2D eigenvalue weighted by Crippen LogP contribution is -2.05. The van der Waals surface area contributed by atoms with Crippen molar-refractivity contribution in [1.82, 2.24) is 19.9 Å². The highest BCUT2D eigenvalue weighted by Crippen LogP contribution is 2.22. The minimum Gasteiger partial charge on any atom is -0.442 e. The summed E-state index contributed by atoms with van der Waals surface area (Å²) in [6.07, 6.45) is 9.89. The fourth-order valence-electron chi connectivity index (χ4n) is 2.46. The number of oxazole rings is 1. The molecule has 0 N–H and O–H groups in total. The summed E-state index contributed by atoms with van der Waals surface area (Å²) in [5.41, 5.74) is 2.03. The molecule has 0 atom stereocenters. The standard InChI is InChI=1S/C18H12N4O2/c23-17(12-1-3-19-4-2-12)7-15-5-13-6-16(18-10-20-11-24-18)22-9-14(13)8-21-15/h1-6,8-11H,7H2. The summed E-state index contributed by atoms with van der Waals surface area (Å²) in [6.45, 7) is 0. The topological polar surface area (TPSA) is 81.8 Å². The van der Waals surface area contributed by atoms with Crippen molar-refractivity contribution in [2.45, 2.75) is 6.42 Å². The second kappa shape index (κ2) is 6.00. The predicted octanol–water partition coefficient (Wildman–Crippen LogP) is 3.11. The molecule has 6 nitrogen and oxygen atoms in total. The molecular formula is C18H12N4O2. The number of hydrogen-bond acceptors (Lipinski definition) is 6. The number of rotatable bonds is 4. The molecule has 0 aliphatic rings. The lowest BCUT2D eigenvalue weighted by molar-refractivity contribution is 0.0992. The zero-order valence-corrected chi connectivity index (χ0v) is 12.6. The quantitative estimate of drug-likeness (QED) is 0.538. The van der Waals surface area contributed by atoms with Crippen LogP contribution in [0.3, 0.4) is 0 Å². The van der Waals surface area contributed by atoms with Gasteiger partial charge in [-0.05, 0) is 29.7 Å². The monoisotopic (exact) mass is 316 g/mol. The molecule has 4 heterocycles. The van der Waals surface area contributed by atoms with Gasteiger partial charge in [0.25, 0.3) is 0 Å². The van der Waals surface area contributed by atoms with Gasteiger partial charge in [0, 0.05) is 41.4 Å². The van der Waals surface area contributed by atoms with Crippen LogP contribution in [-0.2, 0) is 6.42 Å². The maximum atomic E-state index is 12.3. The highest BCUT2D eigenvalue weighted by molar-refractivity contribution is 5.97. The van der Waals surface area contributed by atoms with E-state index in [-0.39, 0.29) is 12.2 Å². The van der Waals surface area contributed by atoms with E-state index >= 15 is 0 Å². The smallest absolute Gasteiger partial charge is 0.181 e. The minimum atomic E-state index is 0.00811. The summed E-state index contributed by atoms with van der Waals surface area (Å²) in [5, 5.41) is 1.85. The molecule has 6 heteroatoms. The zero-order valence-electron chi connectivity index (χ0n) is 12.6. The number of pyridine rings is 3. The first-order valence-corrected chi connectivity index (χ1v) is 7.36. The van der Waals surface area contributed by atoms with Crippen LogP contribution in [0.2, 0.25) is 0 Å². The van der Waals surface area contributed by atoms with Crippen LogP contribution in [0.4, 0.5) is 0 Å². The first kappa shape index (κ1) is 14.2. The van der Waals surface area contributed by atoms with Gasteiger partial charge in [0.15, 0.2) is 17.9 Å². The molecule has 4 aromatic rings. The number of Topliss-reactive ketones (excluding diaryl/α,β-unsaturated/α-hetero) is 1. The predicted molar refractivity (Wildman–Crippen MR) is 87.3 cm³/mol. The molecular weight excluding hydrogens is 304 g/mol. The van der Waals surface area contributed by atoms with Crippen molar-refractivity contribution in [2.75, 3.05) is 0 Å². The number of hydrogen-bond donors (Lipinski definition) is 0. The summed E-state index contributed by atoms with van der Waals surface area (Å²) in [7, 11) is 0. The van der Waals surface area contributed by atoms with Gasteiger partial charge in [0.1, 0.15) is 5.69 Å². The Labute approximate surface area is 137 Å². The van der Waals surface area contributed by atoms with Gasteiger partial charge < -0.3 is 4.42 Å². The lowest BCUT2D eigenvalue weighted by Gasteiger charge is -2.04. The van der Waals surface area contributed by atoms with Crippen LogP contribution in [-0.4, -0.2) is 25.7 Å². The average molecular weight is 316 g/mol. The van der Waals surface area contributed by atoms with Crippen LogP contribution in [0, 0.1) is 0 Å². The zero-order chi connectivity index (χ0) is 16.4. The van der Waals surface area contributed by atoms with E-state index in [1.807, 2.05) is 12.1 Å². The molecule has 0 radical (unpaired) electrons. The summed E-state index contributed by atoms with van der Waals surface area (Å²) in [5.74, 6) is 0.608. The number of ketones is 1. The van der Waals surface area contributed by atoms with Crippen molar-refractivity contribution in [3.8, 4) is 11.5 Å². The molecule has 0 fully saturated rings. The fraction of sp³-hybridized carbons (Fsp3) is 0.0556. The van der Waals surface area contributed by atoms with Gasteiger partial charge in [-0.1, -0.05) is 0 Å². The SMILES string of the molecule is O=C(Cc1cc2cc(-c3cnco3)ncc2cn1)c1ccncc1. The third-order valence-electron chi connectivity index (χ3n) is 3.69. The Morgan fingerprint density at radius 2 is 1.79 bits per heavy atom. The van der Waals surface area contributed by atoms with Crippen LogP contribution in [0.15, 0.2) is 66.1 Å². The van der Waals surface area contributed by atoms with Crippen molar-refractivity contribution >= 4 is 16.6 Å². The van der Waals surface area contributed by atoms with Crippen LogP contribution < -0.4 is 0 Å². The molecule has 0 aliphatic carbocycles. The van der Waals surface area contributed by atoms with Gasteiger partial charge in [0.2, 0.25) is 0 Å². The molecule has 4 aromatic heterocycles. The molecule has 0 aliphatic heterocycles. The molecule has 0 unspecified atom stereocenters. The molecule has 0 amide bonds. The Morgan fingerprint density at radius 3 is 2.58 bits per heavy atom. The van der Waals surface area contributed by atoms with Crippen LogP contribution in [0.1, 0.15) is 16.1 Å². The second-order valence-electron chi connectivity index (χ2n) is 5.29. The number of nitrogens with zero attached hydrogens (tertiary/aromatic N) is 4. The highest BCUT2D eigenvalue weighted by Gasteiger charge is 2.10. The molecule has 0 bridgehead atoms. The van der Waals surface area contributed by atoms with Gasteiger partial charge in [-0.15, -0.1) is 0 Å². The van der Waals surface area contributed by atoms with Crippen molar-refractivity contribution in [3.05, 3.63) is 72.9 Å². The van der Waals surface area contributed by atoms with Crippen molar-refractivity contribution in [1.29, 1.82) is 0 Å². The van der Waals surface area contributed by atoms with Crippen molar-refractivity contribution in [2.24, 2.45) is 0 Å². The summed E-state index contributed by atoms with van der Waals surface area (Å²) in [6, 6.07) is 7.21. The normalized spacial score (nSPS) is 10.8. The van der Waals surface area contributed by atoms with Gasteiger partial charge >= 0.3 is 0 Å². The van der Waals surface area contributed by atoms with E-state index in [0.717, 1.165) is 10.8 Å². The highest BCUT2D eigenvalue weighted by atomic mass is 16.3. The van der Waals surface area contributed by atoms with Gasteiger partial charge in [-0.25, -0.2) is 4.98 Å². The second-order valence-corrected chi connectivity index (χ2v) is 5.29. The maximum Gasteiger partial charge on any atom is 0.181 e. The summed E-state index contributed by atoms with van der Waals surface area (Å²) < 4.78 is 5.27. The lowest BCUT2D eigenvalue weighted by atomic mass is 10.1. The Bertz CT molecular complexity index is 998. The van der Waals surface area contributed by atoms with Gasteiger partial charge in [-0.2, -0.15) is 0 Å². The first-order valence-electron chi connectivity index (χ1n) is 7.36. The molecule has 24 heavy (non-hydrogen) atoms. The van der Waals surface area contributed by atoms with Crippen LogP contribution in [0.25, 0.3) is 22.2 Å². The Balaban J connectivity index is 1.66. The Morgan fingerprint density at radius 1 is 0.958 bits per heavy atom. The summed E-state index contributed by atoms with van der Waals surface area (Å²) >= 11 is 0. The third-order valence-corrected chi connectivity index (χ3v) is 3.69. The van der Waals surface area contributed by atoms with E-state index in [1.54, 1.807) is 43.1 Å². The third kappa shape index (κ3) is 2.77. The average Bonchev–Trinajstić information content (AvgIpc) is 3.16. The molecule has 0 saturated heterocycles. The number of carbonyl (C=O) groups excluding carboxylic acids is 1. The molecule has 0 aromatic carbocycles. The van der Waals surface area contributed by atoms with Crippen LogP contribution in [0.5, 0.6) is 0 Å². The van der Waals surface area contributed by atoms with Crippen LogP contribution >= 0.6 is 0 Å². The van der Waals surface area contributed by atoms with E-state index in [1.165, 1.54) is 6.39 Å². The largest absolute Gasteiger partial charge is 0.442 e. The van der Waals surface area contributed by atoms with E-state index in [9.17, 15) is 4.79 Å². The molecule has 116 valence electrons. The van der Waals surface area contributed by atoms with Gasteiger partial charge in [-0.3, -0.25) is 19.7 Å². The van der Waals surface area contributed by atoms with E-state index < -0.39 is 0 Å². The van der Waals surface area contributed by atoms with E-state index in [0.29, 0.717) is 22.7 Å². The van der Waals surface area contributed by atoms with Crippen molar-refractivity contribution in [3.63, 3.8) is 0 Å². The number of aromatic nitrogens is 4. The van der Waals surface area contributed by atoms with Crippen molar-refractivity contribution < 1.29 is 9.21 Å². The minimum absolute atomic E-state index is 0.00811. The molecule has 0 saturated carbocycles. The Kier molecular flexibility index (Phi) is 3.55. The number of carbonyl (C=O) groups is 1. The van der Waals surface area contributed by atoms with E-state index in [2.05, 4.69) is 19.9 Å². The fourth-order valence-corrected chi connectivity index (χ4v) is 2.46. The molecule has 0 spiro atoms. The number of fused-ring (bicyclic) bond motifs is 1.